The lowest BCUT2D eigenvalue weighted by atomic mass is 10.1. The normalized spacial score (nSPS) is 14.6. The summed E-state index contributed by atoms with van der Waals surface area (Å²) in [5.74, 6) is -0.246. The molecule has 0 radical (unpaired) electrons. The van der Waals surface area contributed by atoms with Crippen molar-refractivity contribution in [2.75, 3.05) is 26.3 Å². The molecule has 32 heavy (non-hydrogen) atoms. The van der Waals surface area contributed by atoms with Crippen molar-refractivity contribution in [3.05, 3.63) is 86.2 Å². The van der Waals surface area contributed by atoms with Gasteiger partial charge in [-0.15, -0.1) is 11.3 Å². The summed E-state index contributed by atoms with van der Waals surface area (Å²) in [6, 6.07) is 15.1. The molecular weight excluding hydrogens is 422 g/mol. The van der Waals surface area contributed by atoms with Crippen LogP contribution < -0.4 is 4.80 Å². The topological polar surface area (TPSA) is 63.9 Å². The summed E-state index contributed by atoms with van der Waals surface area (Å²) in [7, 11) is 0. The molecular formula is C25H27N3O3S. The van der Waals surface area contributed by atoms with E-state index in [4.69, 9.17) is 4.74 Å². The molecule has 0 saturated carbocycles. The van der Waals surface area contributed by atoms with E-state index in [9.17, 15) is 9.59 Å². The Kier molecular flexibility index (Phi) is 6.67. The minimum absolute atomic E-state index is 0.0171. The number of ether oxygens (including phenoxy) is 1. The summed E-state index contributed by atoms with van der Waals surface area (Å²) in [5.41, 5.74) is 4.23. The predicted molar refractivity (Wildman–Crippen MR) is 125 cm³/mol. The number of hydrogen-bond acceptors (Lipinski definition) is 4. The molecule has 0 atom stereocenters. The van der Waals surface area contributed by atoms with Crippen LogP contribution in [0.1, 0.15) is 42.4 Å². The van der Waals surface area contributed by atoms with Crippen molar-refractivity contribution in [1.29, 1.82) is 0 Å². The predicted octanol–water partition coefficient (Wildman–Crippen LogP) is 3.74. The molecule has 1 aliphatic rings. The van der Waals surface area contributed by atoms with Crippen molar-refractivity contribution >= 4 is 23.2 Å². The second-order valence-corrected chi connectivity index (χ2v) is 9.14. The molecule has 2 aromatic carbocycles. The second-order valence-electron chi connectivity index (χ2n) is 7.96. The lowest BCUT2D eigenvalue weighted by Gasteiger charge is -2.27. The molecule has 4 rings (SSSR count). The quantitative estimate of drug-likeness (QED) is 0.610. The molecule has 0 N–H and O–H groups in total. The lowest BCUT2D eigenvalue weighted by Crippen LogP contribution is -2.41. The van der Waals surface area contributed by atoms with Gasteiger partial charge in [0.2, 0.25) is 0 Å². The highest BCUT2D eigenvalue weighted by atomic mass is 32.1. The highest BCUT2D eigenvalue weighted by molar-refractivity contribution is 7.09. The summed E-state index contributed by atoms with van der Waals surface area (Å²) in [6.07, 6.45) is 0. The van der Waals surface area contributed by atoms with Gasteiger partial charge in [-0.3, -0.25) is 9.59 Å². The lowest BCUT2D eigenvalue weighted by molar-refractivity contribution is 0.0302. The van der Waals surface area contributed by atoms with Crippen LogP contribution in [-0.4, -0.2) is 47.6 Å². The first-order chi connectivity index (χ1) is 15.4. The Hall–Kier alpha value is -3.03. The van der Waals surface area contributed by atoms with E-state index in [1.54, 1.807) is 6.07 Å². The minimum Gasteiger partial charge on any atom is -0.378 e. The van der Waals surface area contributed by atoms with Crippen molar-refractivity contribution < 1.29 is 14.3 Å². The van der Waals surface area contributed by atoms with Crippen LogP contribution in [0.4, 0.5) is 0 Å². The maximum absolute atomic E-state index is 13.2. The van der Waals surface area contributed by atoms with Crippen LogP contribution in [0.15, 0.2) is 53.5 Å². The van der Waals surface area contributed by atoms with Crippen LogP contribution in [0.25, 0.3) is 0 Å². The van der Waals surface area contributed by atoms with Gasteiger partial charge in [0.25, 0.3) is 11.8 Å². The molecule has 0 spiro atoms. The van der Waals surface area contributed by atoms with Crippen LogP contribution >= 0.6 is 11.3 Å². The third kappa shape index (κ3) is 4.74. The van der Waals surface area contributed by atoms with Crippen molar-refractivity contribution in [3.8, 4) is 0 Å². The van der Waals surface area contributed by atoms with Crippen LogP contribution in [0, 0.1) is 20.8 Å². The zero-order valence-corrected chi connectivity index (χ0v) is 19.4. The standard InChI is InChI=1S/C25H27N3O3S/c1-17-7-6-9-20(15-17)23(29)26-25-28(18(2)19(3)32-25)16-21-8-4-5-10-22(21)24(30)27-11-13-31-14-12-27/h4-10,15H,11-14,16H2,1-3H3. The van der Waals surface area contributed by atoms with Crippen molar-refractivity contribution in [1.82, 2.24) is 9.47 Å². The minimum atomic E-state index is -0.263. The number of hydrogen-bond donors (Lipinski definition) is 0. The van der Waals surface area contributed by atoms with E-state index in [0.29, 0.717) is 48.8 Å². The van der Waals surface area contributed by atoms with E-state index < -0.39 is 0 Å². The summed E-state index contributed by atoms with van der Waals surface area (Å²) in [4.78, 5) is 34.0. The third-order valence-corrected chi connectivity index (χ3v) is 6.82. The molecule has 1 saturated heterocycles. The Morgan fingerprint density at radius 1 is 1.03 bits per heavy atom. The number of aromatic nitrogens is 1. The van der Waals surface area contributed by atoms with Gasteiger partial charge in [-0.25, -0.2) is 0 Å². The van der Waals surface area contributed by atoms with E-state index in [1.807, 2.05) is 72.7 Å². The molecule has 0 unspecified atom stereocenters. The van der Waals surface area contributed by atoms with Gasteiger partial charge < -0.3 is 14.2 Å². The fourth-order valence-corrected chi connectivity index (χ4v) is 4.74. The number of morpholine rings is 1. The van der Waals surface area contributed by atoms with Crippen LogP contribution in [0.3, 0.4) is 0 Å². The molecule has 1 aromatic heterocycles. The fourth-order valence-electron chi connectivity index (χ4n) is 3.77. The Morgan fingerprint density at radius 2 is 1.78 bits per heavy atom. The molecule has 3 aromatic rings. The first-order valence-corrected chi connectivity index (χ1v) is 11.5. The number of rotatable bonds is 4. The van der Waals surface area contributed by atoms with Gasteiger partial charge in [-0.05, 0) is 44.5 Å². The Bertz CT molecular complexity index is 1220. The van der Waals surface area contributed by atoms with Crippen molar-refractivity contribution in [3.63, 3.8) is 0 Å². The van der Waals surface area contributed by atoms with Crippen LogP contribution in [0.2, 0.25) is 0 Å². The molecule has 2 amide bonds. The van der Waals surface area contributed by atoms with Gasteiger partial charge in [-0.2, -0.15) is 4.99 Å². The summed E-state index contributed by atoms with van der Waals surface area (Å²) in [5, 5.41) is 0. The van der Waals surface area contributed by atoms with Gasteiger partial charge >= 0.3 is 0 Å². The van der Waals surface area contributed by atoms with Crippen molar-refractivity contribution in [2.45, 2.75) is 27.3 Å². The van der Waals surface area contributed by atoms with E-state index in [-0.39, 0.29) is 11.8 Å². The summed E-state index contributed by atoms with van der Waals surface area (Å²) >= 11 is 1.49. The monoisotopic (exact) mass is 449 g/mol. The number of thiazole rings is 1. The number of carbonyl (C=O) groups is 2. The number of carbonyl (C=O) groups excluding carboxylic acids is 2. The highest BCUT2D eigenvalue weighted by Gasteiger charge is 2.21. The van der Waals surface area contributed by atoms with Crippen molar-refractivity contribution in [2.24, 2.45) is 4.99 Å². The smallest absolute Gasteiger partial charge is 0.279 e. The molecule has 1 aliphatic heterocycles. The molecule has 7 heteroatoms. The Balaban J connectivity index is 1.69. The summed E-state index contributed by atoms with van der Waals surface area (Å²) in [6.45, 7) is 8.81. The number of aryl methyl sites for hydroxylation is 2. The van der Waals surface area contributed by atoms with E-state index in [2.05, 4.69) is 4.99 Å². The maximum Gasteiger partial charge on any atom is 0.279 e. The molecule has 0 aliphatic carbocycles. The molecule has 0 bridgehead atoms. The number of nitrogens with zero attached hydrogens (tertiary/aromatic N) is 3. The first kappa shape index (κ1) is 22.2. The second kappa shape index (κ2) is 9.63. The summed E-state index contributed by atoms with van der Waals surface area (Å²) < 4.78 is 7.41. The largest absolute Gasteiger partial charge is 0.378 e. The van der Waals surface area contributed by atoms with Gasteiger partial charge in [-0.1, -0.05) is 35.9 Å². The van der Waals surface area contributed by atoms with Crippen LogP contribution in [0.5, 0.6) is 0 Å². The third-order valence-electron chi connectivity index (χ3n) is 5.73. The van der Waals surface area contributed by atoms with E-state index in [0.717, 1.165) is 21.7 Å². The molecule has 6 nitrogen and oxygen atoms in total. The zero-order chi connectivity index (χ0) is 22.7. The van der Waals surface area contributed by atoms with E-state index >= 15 is 0 Å². The molecule has 166 valence electrons. The average molecular weight is 450 g/mol. The van der Waals surface area contributed by atoms with Crippen LogP contribution in [-0.2, 0) is 11.3 Å². The number of benzene rings is 2. The SMILES string of the molecule is Cc1cccc(C(=O)N=c2sc(C)c(C)n2Cc2ccccc2C(=O)N2CCOCC2)c1. The van der Waals surface area contributed by atoms with Gasteiger partial charge in [0.1, 0.15) is 0 Å². The van der Waals surface area contributed by atoms with Gasteiger partial charge in [0, 0.05) is 34.8 Å². The number of amides is 2. The fraction of sp³-hybridized carbons (Fsp3) is 0.320. The average Bonchev–Trinajstić information content (AvgIpc) is 3.07. The van der Waals surface area contributed by atoms with Gasteiger partial charge in [0.05, 0.1) is 19.8 Å². The highest BCUT2D eigenvalue weighted by Crippen LogP contribution is 2.18. The molecule has 2 heterocycles. The Labute approximate surface area is 191 Å². The molecule has 1 fully saturated rings. The Morgan fingerprint density at radius 3 is 2.53 bits per heavy atom. The zero-order valence-electron chi connectivity index (χ0n) is 18.6. The van der Waals surface area contributed by atoms with Gasteiger partial charge in [0.15, 0.2) is 4.80 Å². The first-order valence-electron chi connectivity index (χ1n) is 10.7. The van der Waals surface area contributed by atoms with E-state index in [1.165, 1.54) is 11.3 Å². The maximum atomic E-state index is 13.2.